The average Bonchev–Trinajstić information content (AvgIpc) is 2.76. The summed E-state index contributed by atoms with van der Waals surface area (Å²) in [5.74, 6) is 2.52. The monoisotopic (exact) mass is 398 g/mol. The lowest BCUT2D eigenvalue weighted by Crippen LogP contribution is -2.23. The predicted octanol–water partition coefficient (Wildman–Crippen LogP) is 7.98. The van der Waals surface area contributed by atoms with Gasteiger partial charge in [0, 0.05) is 0 Å². The van der Waals surface area contributed by atoms with Crippen molar-refractivity contribution in [2.24, 2.45) is 11.8 Å². The molecule has 0 aliphatic heterocycles. The molecule has 2 fully saturated rings. The van der Waals surface area contributed by atoms with E-state index in [4.69, 9.17) is 4.74 Å². The van der Waals surface area contributed by atoms with Gasteiger partial charge in [0.1, 0.15) is 5.75 Å². The topological polar surface area (TPSA) is 9.23 Å². The molecule has 0 atom stereocenters. The highest BCUT2D eigenvalue weighted by atomic mass is 19.3. The van der Waals surface area contributed by atoms with E-state index in [0.717, 1.165) is 17.4 Å². The lowest BCUT2D eigenvalue weighted by molar-refractivity contribution is -0.185. The number of hydrogen-bond acceptors (Lipinski definition) is 1. The van der Waals surface area contributed by atoms with Gasteiger partial charge < -0.3 is 4.74 Å². The molecule has 0 heterocycles. The summed E-state index contributed by atoms with van der Waals surface area (Å²) in [4.78, 5) is 0. The molecule has 2 aliphatic rings. The summed E-state index contributed by atoms with van der Waals surface area (Å²) in [5.41, 5.74) is 2.13. The molecule has 0 spiro atoms. The number of aryl methyl sites for hydroxylation is 1. The van der Waals surface area contributed by atoms with E-state index < -0.39 is 6.11 Å². The van der Waals surface area contributed by atoms with Gasteiger partial charge in [-0.25, -0.2) is 0 Å². The summed E-state index contributed by atoms with van der Waals surface area (Å²) < 4.78 is 34.1. The maximum Gasteiger partial charge on any atom is 0.426 e. The number of rotatable bonds is 5. The number of hydrogen-bond donors (Lipinski definition) is 0. The molecular formula is C26H32F2O. The molecule has 2 saturated carbocycles. The summed E-state index contributed by atoms with van der Waals surface area (Å²) in [7, 11) is 0. The van der Waals surface area contributed by atoms with Crippen molar-refractivity contribution in [3.63, 3.8) is 0 Å². The Balaban J connectivity index is 1.35. The van der Waals surface area contributed by atoms with Gasteiger partial charge in [0.05, 0.1) is 5.56 Å². The molecule has 156 valence electrons. The summed E-state index contributed by atoms with van der Waals surface area (Å²) >= 11 is 0. The Morgan fingerprint density at radius 2 is 1.31 bits per heavy atom. The van der Waals surface area contributed by atoms with Gasteiger partial charge in [-0.3, -0.25) is 0 Å². The Morgan fingerprint density at radius 3 is 1.93 bits per heavy atom. The minimum atomic E-state index is -3.33. The Morgan fingerprint density at radius 1 is 0.724 bits per heavy atom. The van der Waals surface area contributed by atoms with Crippen LogP contribution in [0.15, 0.2) is 48.5 Å². The van der Waals surface area contributed by atoms with Gasteiger partial charge in [-0.2, -0.15) is 8.78 Å². The van der Waals surface area contributed by atoms with Gasteiger partial charge in [-0.05, 0) is 80.2 Å². The first kappa shape index (κ1) is 20.4. The number of ether oxygens (including phenoxy) is 1. The molecule has 4 rings (SSSR count). The normalized spacial score (nSPS) is 23.7. The Bertz CT molecular complexity index is 767. The maximum atomic E-state index is 14.6. The van der Waals surface area contributed by atoms with Crippen molar-refractivity contribution < 1.29 is 13.5 Å². The summed E-state index contributed by atoms with van der Waals surface area (Å²) in [6, 6.07) is 13.6. The van der Waals surface area contributed by atoms with E-state index in [0.29, 0.717) is 5.92 Å². The minimum absolute atomic E-state index is 0.0854. The zero-order valence-electron chi connectivity index (χ0n) is 17.4. The highest BCUT2D eigenvalue weighted by Gasteiger charge is 2.35. The summed E-state index contributed by atoms with van der Waals surface area (Å²) in [6.45, 7) is 1.92. The van der Waals surface area contributed by atoms with Crippen molar-refractivity contribution >= 4 is 0 Å². The predicted molar refractivity (Wildman–Crippen MR) is 113 cm³/mol. The van der Waals surface area contributed by atoms with Gasteiger partial charge in [0.15, 0.2) is 0 Å². The van der Waals surface area contributed by atoms with Crippen LogP contribution in [0.1, 0.15) is 80.4 Å². The smallest absolute Gasteiger partial charge is 0.426 e. The quantitative estimate of drug-likeness (QED) is 0.496. The van der Waals surface area contributed by atoms with Crippen LogP contribution in [0.5, 0.6) is 5.75 Å². The molecule has 0 bridgehead atoms. The van der Waals surface area contributed by atoms with Crippen LogP contribution in [0.4, 0.5) is 8.78 Å². The van der Waals surface area contributed by atoms with E-state index in [-0.39, 0.29) is 11.3 Å². The van der Waals surface area contributed by atoms with E-state index >= 15 is 0 Å². The van der Waals surface area contributed by atoms with Crippen LogP contribution in [0, 0.1) is 18.8 Å². The zero-order valence-corrected chi connectivity index (χ0v) is 17.4. The van der Waals surface area contributed by atoms with Gasteiger partial charge in [-0.1, -0.05) is 61.9 Å². The highest BCUT2D eigenvalue weighted by Crippen LogP contribution is 2.43. The van der Waals surface area contributed by atoms with E-state index in [1.54, 1.807) is 24.3 Å². The number of halogens is 2. The molecule has 2 aromatic rings. The van der Waals surface area contributed by atoms with E-state index in [1.807, 2.05) is 19.1 Å². The van der Waals surface area contributed by atoms with Crippen molar-refractivity contribution in [2.45, 2.75) is 76.7 Å². The Labute approximate surface area is 173 Å². The molecule has 3 heteroatoms. The fourth-order valence-electron chi connectivity index (χ4n) is 5.29. The minimum Gasteiger partial charge on any atom is -0.429 e. The first-order valence-corrected chi connectivity index (χ1v) is 11.3. The molecule has 29 heavy (non-hydrogen) atoms. The van der Waals surface area contributed by atoms with Crippen LogP contribution in [0.2, 0.25) is 0 Å². The van der Waals surface area contributed by atoms with Gasteiger partial charge in [-0.15, -0.1) is 0 Å². The van der Waals surface area contributed by atoms with Crippen molar-refractivity contribution in [2.75, 3.05) is 0 Å². The third-order valence-electron chi connectivity index (χ3n) is 7.07. The molecule has 2 aromatic carbocycles. The lowest BCUT2D eigenvalue weighted by atomic mass is 9.70. The molecule has 0 aromatic heterocycles. The van der Waals surface area contributed by atoms with Gasteiger partial charge in [0.2, 0.25) is 0 Å². The molecule has 0 saturated heterocycles. The highest BCUT2D eigenvalue weighted by molar-refractivity contribution is 5.30. The van der Waals surface area contributed by atoms with Crippen LogP contribution >= 0.6 is 0 Å². The zero-order chi connectivity index (χ0) is 20.3. The van der Waals surface area contributed by atoms with Crippen molar-refractivity contribution in [1.82, 2.24) is 0 Å². The first-order valence-electron chi connectivity index (χ1n) is 11.3. The third kappa shape index (κ3) is 4.99. The van der Waals surface area contributed by atoms with Crippen LogP contribution < -0.4 is 4.74 Å². The van der Waals surface area contributed by atoms with Crippen molar-refractivity contribution in [1.29, 1.82) is 0 Å². The Hall–Kier alpha value is -1.90. The number of alkyl halides is 2. The van der Waals surface area contributed by atoms with E-state index in [9.17, 15) is 8.78 Å². The fraction of sp³-hybridized carbons (Fsp3) is 0.538. The van der Waals surface area contributed by atoms with Crippen LogP contribution in [-0.2, 0) is 6.11 Å². The van der Waals surface area contributed by atoms with Crippen molar-refractivity contribution in [3.05, 3.63) is 65.2 Å². The van der Waals surface area contributed by atoms with Gasteiger partial charge in [0.25, 0.3) is 0 Å². The largest absolute Gasteiger partial charge is 0.429 e. The second-order valence-corrected chi connectivity index (χ2v) is 9.06. The van der Waals surface area contributed by atoms with Crippen molar-refractivity contribution in [3.8, 4) is 5.75 Å². The first-order chi connectivity index (χ1) is 14.0. The Kier molecular flexibility index (Phi) is 6.22. The van der Waals surface area contributed by atoms with E-state index in [1.165, 1.54) is 75.5 Å². The van der Waals surface area contributed by atoms with Crippen LogP contribution in [0.25, 0.3) is 0 Å². The lowest BCUT2D eigenvalue weighted by Gasteiger charge is -2.36. The second kappa shape index (κ2) is 8.85. The molecular weight excluding hydrogens is 366 g/mol. The second-order valence-electron chi connectivity index (χ2n) is 9.06. The SMILES string of the molecule is Cc1ccc(OC(F)(F)c2ccc(C3CCC(C4CCCCC4)CC3)cc2)cc1. The standard InChI is InChI=1S/C26H32F2O/c1-19-7-17-25(18-8-19)29-26(27,28)24-15-13-23(14-16-24)22-11-9-21(10-12-22)20-5-3-2-4-6-20/h7-8,13-18,20-22H,2-6,9-12H2,1H3. The average molecular weight is 399 g/mol. The number of benzene rings is 2. The van der Waals surface area contributed by atoms with Gasteiger partial charge >= 0.3 is 6.11 Å². The molecule has 0 amide bonds. The maximum absolute atomic E-state index is 14.6. The molecule has 2 aliphatic carbocycles. The fourth-order valence-corrected chi connectivity index (χ4v) is 5.29. The molecule has 0 N–H and O–H groups in total. The third-order valence-corrected chi connectivity index (χ3v) is 7.07. The van der Waals surface area contributed by atoms with E-state index in [2.05, 4.69) is 0 Å². The summed E-state index contributed by atoms with van der Waals surface area (Å²) in [6.07, 6.45) is 8.71. The van der Waals surface area contributed by atoms with Crippen LogP contribution in [-0.4, -0.2) is 0 Å². The molecule has 0 radical (unpaired) electrons. The molecule has 1 nitrogen and oxygen atoms in total. The summed E-state index contributed by atoms with van der Waals surface area (Å²) in [5, 5.41) is 0. The molecule has 0 unspecified atom stereocenters. The van der Waals surface area contributed by atoms with Crippen LogP contribution in [0.3, 0.4) is 0 Å².